The number of rotatable bonds is 6. The second kappa shape index (κ2) is 13.1. The van der Waals surface area contributed by atoms with E-state index in [-0.39, 0.29) is 0 Å². The van der Waals surface area contributed by atoms with Gasteiger partial charge in [-0.3, -0.25) is 0 Å². The first kappa shape index (κ1) is 32.8. The van der Waals surface area contributed by atoms with Crippen molar-refractivity contribution in [2.24, 2.45) is 0 Å². The van der Waals surface area contributed by atoms with Crippen molar-refractivity contribution in [2.75, 3.05) is 4.90 Å². The van der Waals surface area contributed by atoms with Crippen LogP contribution in [0.15, 0.2) is 209 Å². The van der Waals surface area contributed by atoms with Gasteiger partial charge in [-0.15, -0.1) is 11.3 Å². The van der Waals surface area contributed by atoms with Crippen LogP contribution in [0.1, 0.15) is 0 Å². The monoisotopic (exact) mass is 759 g/mol. The first-order chi connectivity index (χ1) is 28.7. The molecule has 3 aromatic heterocycles. The van der Waals surface area contributed by atoms with E-state index in [1.165, 1.54) is 42.4 Å². The molecule has 58 heavy (non-hydrogen) atoms. The molecule has 0 radical (unpaired) electrons. The summed E-state index contributed by atoms with van der Waals surface area (Å²) < 4.78 is 15.3. The SMILES string of the molecule is c1ccc(-c2ccccc2N(c2ccc(-c3ccc4c(c3)oc3ccc5oc6ccccc6c5c34)cc2)c2ccc(-c3cccc4c3sc3ccccc34)cc2)cc1. The first-order valence-corrected chi connectivity index (χ1v) is 20.4. The van der Waals surface area contributed by atoms with E-state index < -0.39 is 0 Å². The van der Waals surface area contributed by atoms with Gasteiger partial charge in [0.05, 0.1) is 5.69 Å². The Balaban J connectivity index is 0.954. The van der Waals surface area contributed by atoms with Crippen LogP contribution in [0.25, 0.3) is 97.4 Å². The topological polar surface area (TPSA) is 29.5 Å². The lowest BCUT2D eigenvalue weighted by atomic mass is 9.99. The Bertz CT molecular complexity index is 3500. The minimum atomic E-state index is 0.860. The summed E-state index contributed by atoms with van der Waals surface area (Å²) in [6.07, 6.45) is 0. The molecule has 0 aliphatic carbocycles. The molecule has 0 fully saturated rings. The zero-order valence-corrected chi connectivity index (χ0v) is 32.0. The number of fused-ring (bicyclic) bond motifs is 10. The van der Waals surface area contributed by atoms with Crippen molar-refractivity contribution in [3.8, 4) is 33.4 Å². The fraction of sp³-hybridized carbons (Fsp3) is 0. The molecule has 0 saturated carbocycles. The Kier molecular flexibility index (Phi) is 7.40. The van der Waals surface area contributed by atoms with Crippen LogP contribution in [0.4, 0.5) is 17.1 Å². The predicted molar refractivity (Wildman–Crippen MR) is 245 cm³/mol. The van der Waals surface area contributed by atoms with Gasteiger partial charge in [0.15, 0.2) is 0 Å². The maximum atomic E-state index is 6.51. The van der Waals surface area contributed by atoms with Gasteiger partial charge < -0.3 is 13.7 Å². The molecule has 0 aliphatic rings. The number of furan rings is 2. The van der Waals surface area contributed by atoms with Crippen LogP contribution in [0, 0.1) is 0 Å². The summed E-state index contributed by atoms with van der Waals surface area (Å²) in [4.78, 5) is 2.37. The summed E-state index contributed by atoms with van der Waals surface area (Å²) in [5, 5.41) is 7.01. The van der Waals surface area contributed by atoms with E-state index in [1.54, 1.807) is 0 Å². The van der Waals surface area contributed by atoms with Gasteiger partial charge in [-0.1, -0.05) is 133 Å². The molecule has 0 atom stereocenters. The quantitative estimate of drug-likeness (QED) is 0.169. The Morgan fingerprint density at radius 2 is 0.914 bits per heavy atom. The molecule has 9 aromatic carbocycles. The van der Waals surface area contributed by atoms with Gasteiger partial charge >= 0.3 is 0 Å². The Labute approximate surface area is 338 Å². The molecular weight excluding hydrogens is 727 g/mol. The van der Waals surface area contributed by atoms with Crippen molar-refractivity contribution >= 4 is 92.4 Å². The zero-order chi connectivity index (χ0) is 38.2. The summed E-state index contributed by atoms with van der Waals surface area (Å²) >= 11 is 1.87. The van der Waals surface area contributed by atoms with E-state index in [1.807, 2.05) is 35.6 Å². The van der Waals surface area contributed by atoms with Crippen molar-refractivity contribution in [1.29, 1.82) is 0 Å². The van der Waals surface area contributed by atoms with Gasteiger partial charge in [0.2, 0.25) is 0 Å². The van der Waals surface area contributed by atoms with Crippen molar-refractivity contribution in [2.45, 2.75) is 0 Å². The maximum absolute atomic E-state index is 6.51. The zero-order valence-electron chi connectivity index (χ0n) is 31.2. The second-order valence-electron chi connectivity index (χ2n) is 14.8. The van der Waals surface area contributed by atoms with Crippen LogP contribution >= 0.6 is 11.3 Å². The van der Waals surface area contributed by atoms with Gasteiger partial charge in [-0.05, 0) is 94.5 Å². The number of hydrogen-bond acceptors (Lipinski definition) is 4. The number of para-hydroxylation sites is 2. The number of benzene rings is 9. The van der Waals surface area contributed by atoms with Crippen molar-refractivity contribution in [3.63, 3.8) is 0 Å². The molecule has 4 heteroatoms. The molecule has 12 rings (SSSR count). The number of thiophene rings is 1. The van der Waals surface area contributed by atoms with E-state index in [0.29, 0.717) is 0 Å². The number of nitrogens with zero attached hydrogens (tertiary/aromatic N) is 1. The fourth-order valence-electron chi connectivity index (χ4n) is 8.79. The number of hydrogen-bond donors (Lipinski definition) is 0. The van der Waals surface area contributed by atoms with Gasteiger partial charge in [0, 0.05) is 58.7 Å². The van der Waals surface area contributed by atoms with Gasteiger partial charge in [-0.25, -0.2) is 0 Å². The molecule has 0 amide bonds. The van der Waals surface area contributed by atoms with Crippen LogP contribution in [0.2, 0.25) is 0 Å². The molecule has 0 unspecified atom stereocenters. The summed E-state index contributed by atoms with van der Waals surface area (Å²) in [7, 11) is 0. The Morgan fingerprint density at radius 3 is 1.71 bits per heavy atom. The highest BCUT2D eigenvalue weighted by atomic mass is 32.1. The van der Waals surface area contributed by atoms with Crippen molar-refractivity contribution in [3.05, 3.63) is 200 Å². The minimum Gasteiger partial charge on any atom is -0.456 e. The third-order valence-electron chi connectivity index (χ3n) is 11.5. The highest BCUT2D eigenvalue weighted by molar-refractivity contribution is 7.26. The van der Waals surface area contributed by atoms with Crippen LogP contribution in [0.5, 0.6) is 0 Å². The molecule has 0 saturated heterocycles. The lowest BCUT2D eigenvalue weighted by Crippen LogP contribution is -2.11. The van der Waals surface area contributed by atoms with Gasteiger partial charge in [0.1, 0.15) is 22.3 Å². The van der Waals surface area contributed by atoms with Crippen LogP contribution in [-0.4, -0.2) is 0 Å². The molecule has 0 bridgehead atoms. The highest BCUT2D eigenvalue weighted by Gasteiger charge is 2.20. The summed E-state index contributed by atoms with van der Waals surface area (Å²) in [5.41, 5.74) is 13.8. The van der Waals surface area contributed by atoms with Gasteiger partial charge in [-0.2, -0.15) is 0 Å². The predicted octanol–water partition coefficient (Wildman–Crippen LogP) is 16.3. The molecule has 3 heterocycles. The largest absolute Gasteiger partial charge is 0.456 e. The normalized spacial score (nSPS) is 11.8. The minimum absolute atomic E-state index is 0.860. The summed E-state index contributed by atoms with van der Waals surface area (Å²) in [6, 6.07) is 71.5. The van der Waals surface area contributed by atoms with Crippen LogP contribution in [-0.2, 0) is 0 Å². The lowest BCUT2D eigenvalue weighted by molar-refractivity contribution is 0.663. The molecule has 0 aliphatic heterocycles. The van der Waals surface area contributed by atoms with Gasteiger partial charge in [0.25, 0.3) is 0 Å². The van der Waals surface area contributed by atoms with Crippen LogP contribution in [0.3, 0.4) is 0 Å². The third kappa shape index (κ3) is 5.19. The van der Waals surface area contributed by atoms with E-state index >= 15 is 0 Å². The first-order valence-electron chi connectivity index (χ1n) is 19.6. The summed E-state index contributed by atoms with van der Waals surface area (Å²) in [5.74, 6) is 0. The Hall–Kier alpha value is -7.40. The van der Waals surface area contributed by atoms with Crippen LogP contribution < -0.4 is 4.90 Å². The van der Waals surface area contributed by atoms with E-state index in [0.717, 1.165) is 72.1 Å². The molecular formula is C54H33NO2S. The fourth-order valence-corrected chi connectivity index (χ4v) is 10.0. The molecule has 12 aromatic rings. The standard InChI is InChI=1S/C54H33NO2S/c1-2-11-35(12-3-1)40-13-4-7-18-46(40)55(39-28-23-36(24-29-39)41-16-10-17-43-42-14-6-9-20-51(42)58-54(41)43)38-26-21-34(22-27-38)37-25-30-45-50(33-37)57-49-32-31-48-52(53(45)49)44-15-5-8-19-47(44)56-48/h1-33H. The molecule has 272 valence electrons. The average Bonchev–Trinajstić information content (AvgIpc) is 3.98. The van der Waals surface area contributed by atoms with E-state index in [9.17, 15) is 0 Å². The second-order valence-corrected chi connectivity index (χ2v) is 15.9. The van der Waals surface area contributed by atoms with Crippen molar-refractivity contribution in [1.82, 2.24) is 0 Å². The van der Waals surface area contributed by atoms with Crippen molar-refractivity contribution < 1.29 is 8.83 Å². The Morgan fingerprint density at radius 1 is 0.345 bits per heavy atom. The molecule has 0 N–H and O–H groups in total. The van der Waals surface area contributed by atoms with E-state index in [4.69, 9.17) is 8.83 Å². The molecule has 0 spiro atoms. The number of anilines is 3. The maximum Gasteiger partial charge on any atom is 0.136 e. The smallest absolute Gasteiger partial charge is 0.136 e. The summed E-state index contributed by atoms with van der Waals surface area (Å²) in [6.45, 7) is 0. The van der Waals surface area contributed by atoms with E-state index in [2.05, 4.69) is 181 Å². The third-order valence-corrected chi connectivity index (χ3v) is 12.7. The highest BCUT2D eigenvalue weighted by Crippen LogP contribution is 2.45. The molecule has 3 nitrogen and oxygen atoms in total. The lowest BCUT2D eigenvalue weighted by Gasteiger charge is -2.28. The average molecular weight is 760 g/mol.